The number of amides is 1. The molecule has 0 aliphatic heterocycles. The Kier molecular flexibility index (Phi) is 6.15. The van der Waals surface area contributed by atoms with Crippen LogP contribution in [0.4, 0.5) is 18.9 Å². The number of aromatic nitrogens is 4. The summed E-state index contributed by atoms with van der Waals surface area (Å²) in [5.74, 6) is -0.282. The zero-order chi connectivity index (χ0) is 23.8. The van der Waals surface area contributed by atoms with E-state index in [4.69, 9.17) is 0 Å². The minimum atomic E-state index is -4.58. The van der Waals surface area contributed by atoms with Crippen molar-refractivity contribution >= 4 is 40.0 Å². The summed E-state index contributed by atoms with van der Waals surface area (Å²) in [5, 5.41) is 11.5. The number of nitrogens with one attached hydrogen (secondary N) is 1. The van der Waals surface area contributed by atoms with Gasteiger partial charge in [-0.05, 0) is 30.2 Å². The first kappa shape index (κ1) is 22.8. The molecule has 0 aliphatic carbocycles. The van der Waals surface area contributed by atoms with Crippen molar-refractivity contribution in [1.82, 2.24) is 19.2 Å². The summed E-state index contributed by atoms with van der Waals surface area (Å²) in [6.45, 7) is 4.39. The van der Waals surface area contributed by atoms with Crippen molar-refractivity contribution < 1.29 is 18.0 Å². The summed E-state index contributed by atoms with van der Waals surface area (Å²) >= 11 is 1.03. The second-order valence-corrected chi connectivity index (χ2v) is 8.77. The number of carbonyl (C=O) groups is 1. The molecule has 172 valence electrons. The molecule has 0 spiro atoms. The number of hydrogen-bond acceptors (Lipinski definition) is 5. The van der Waals surface area contributed by atoms with Crippen LogP contribution in [-0.4, -0.2) is 30.8 Å². The third kappa shape index (κ3) is 4.58. The molecule has 4 aromatic rings. The average molecular weight is 475 g/mol. The molecule has 0 fully saturated rings. The van der Waals surface area contributed by atoms with E-state index in [0.29, 0.717) is 28.4 Å². The van der Waals surface area contributed by atoms with Crippen LogP contribution in [0.5, 0.6) is 0 Å². The van der Waals surface area contributed by atoms with Crippen molar-refractivity contribution in [3.05, 3.63) is 64.4 Å². The molecular formula is C22H20F3N5O2S. The lowest BCUT2D eigenvalue weighted by Gasteiger charge is -2.14. The Labute approximate surface area is 190 Å². The zero-order valence-corrected chi connectivity index (χ0v) is 18.6. The fourth-order valence-corrected chi connectivity index (χ4v) is 4.25. The lowest BCUT2D eigenvalue weighted by molar-refractivity contribution is -0.137. The minimum Gasteiger partial charge on any atom is -0.325 e. The van der Waals surface area contributed by atoms with E-state index in [1.54, 1.807) is 33.2 Å². The van der Waals surface area contributed by atoms with Gasteiger partial charge in [-0.1, -0.05) is 49.9 Å². The van der Waals surface area contributed by atoms with Gasteiger partial charge in [0.25, 0.3) is 5.56 Å². The third-order valence-corrected chi connectivity index (χ3v) is 5.79. The molecule has 33 heavy (non-hydrogen) atoms. The molecular weight excluding hydrogens is 455 g/mol. The van der Waals surface area contributed by atoms with Gasteiger partial charge in [-0.15, -0.1) is 10.2 Å². The number of thioether (sulfide) groups is 1. The van der Waals surface area contributed by atoms with E-state index < -0.39 is 17.6 Å². The first-order valence-electron chi connectivity index (χ1n) is 10.1. The van der Waals surface area contributed by atoms with Crippen LogP contribution in [0.15, 0.2) is 58.5 Å². The van der Waals surface area contributed by atoms with Gasteiger partial charge in [0.15, 0.2) is 5.16 Å². The number of halogens is 3. The molecule has 0 saturated heterocycles. The third-order valence-electron chi connectivity index (χ3n) is 4.86. The van der Waals surface area contributed by atoms with E-state index in [1.165, 1.54) is 18.2 Å². The van der Waals surface area contributed by atoms with Gasteiger partial charge in [0, 0.05) is 6.54 Å². The van der Waals surface area contributed by atoms with Crippen molar-refractivity contribution in [3.8, 4) is 0 Å². The summed E-state index contributed by atoms with van der Waals surface area (Å²) in [7, 11) is 0. The molecule has 1 amide bonds. The number of hydrogen-bond donors (Lipinski definition) is 1. The van der Waals surface area contributed by atoms with Crippen molar-refractivity contribution in [2.24, 2.45) is 5.92 Å². The number of para-hydroxylation sites is 2. The molecule has 2 aromatic heterocycles. The Hall–Kier alpha value is -3.34. The van der Waals surface area contributed by atoms with Gasteiger partial charge >= 0.3 is 6.18 Å². The SMILES string of the molecule is CC(C)Cn1c(=O)c2ccccc2n2c(SCC(=O)Nc3ccccc3C(F)(F)F)nnc12. The predicted octanol–water partition coefficient (Wildman–Crippen LogP) is 4.45. The van der Waals surface area contributed by atoms with Crippen LogP contribution in [0.25, 0.3) is 16.7 Å². The monoisotopic (exact) mass is 475 g/mol. The standard InChI is InChI=1S/C22H20F3N5O2S/c1-13(2)11-29-19(32)14-7-3-6-10-17(14)30-20(29)27-28-21(30)33-12-18(31)26-16-9-5-4-8-15(16)22(23,24)25/h3-10,13H,11-12H2,1-2H3,(H,26,31). The van der Waals surface area contributed by atoms with Crippen molar-refractivity contribution in [3.63, 3.8) is 0 Å². The van der Waals surface area contributed by atoms with Crippen molar-refractivity contribution in [2.45, 2.75) is 31.7 Å². The molecule has 0 unspecified atom stereocenters. The first-order valence-corrected chi connectivity index (χ1v) is 11.1. The van der Waals surface area contributed by atoms with Gasteiger partial charge in [0.1, 0.15) is 0 Å². The second kappa shape index (κ2) is 8.89. The number of anilines is 1. The Morgan fingerprint density at radius 2 is 1.79 bits per heavy atom. The lowest BCUT2D eigenvalue weighted by Crippen LogP contribution is -2.25. The molecule has 0 atom stereocenters. The second-order valence-electron chi connectivity index (χ2n) is 7.82. The fraction of sp³-hybridized carbons (Fsp3) is 0.273. The largest absolute Gasteiger partial charge is 0.418 e. The van der Waals surface area contributed by atoms with Crippen LogP contribution >= 0.6 is 11.8 Å². The molecule has 0 saturated carbocycles. The normalized spacial score (nSPS) is 12.1. The molecule has 0 radical (unpaired) electrons. The molecule has 11 heteroatoms. The lowest BCUT2D eigenvalue weighted by atomic mass is 10.1. The van der Waals surface area contributed by atoms with Crippen LogP contribution in [0, 0.1) is 5.92 Å². The van der Waals surface area contributed by atoms with E-state index in [0.717, 1.165) is 17.8 Å². The number of alkyl halides is 3. The number of rotatable bonds is 6. The number of nitrogens with zero attached hydrogens (tertiary/aromatic N) is 4. The van der Waals surface area contributed by atoms with Crippen LogP contribution in [0.1, 0.15) is 19.4 Å². The molecule has 7 nitrogen and oxygen atoms in total. The zero-order valence-electron chi connectivity index (χ0n) is 17.8. The highest BCUT2D eigenvalue weighted by Gasteiger charge is 2.33. The minimum absolute atomic E-state index is 0.181. The summed E-state index contributed by atoms with van der Waals surface area (Å²) in [6, 6.07) is 11.8. The summed E-state index contributed by atoms with van der Waals surface area (Å²) < 4.78 is 42.8. The van der Waals surface area contributed by atoms with Crippen LogP contribution < -0.4 is 10.9 Å². The summed E-state index contributed by atoms with van der Waals surface area (Å²) in [5.41, 5.74) is -0.817. The average Bonchev–Trinajstić information content (AvgIpc) is 3.19. The Bertz CT molecular complexity index is 1390. The van der Waals surface area contributed by atoms with E-state index in [9.17, 15) is 22.8 Å². The fourth-order valence-electron chi connectivity index (χ4n) is 3.51. The van der Waals surface area contributed by atoms with Crippen LogP contribution in [-0.2, 0) is 17.5 Å². The highest BCUT2D eigenvalue weighted by molar-refractivity contribution is 7.99. The highest BCUT2D eigenvalue weighted by atomic mass is 32.2. The maximum atomic E-state index is 13.2. The molecule has 0 bridgehead atoms. The molecule has 1 N–H and O–H groups in total. The molecule has 2 aromatic carbocycles. The van der Waals surface area contributed by atoms with Gasteiger partial charge in [0.2, 0.25) is 11.7 Å². The van der Waals surface area contributed by atoms with E-state index in [2.05, 4.69) is 15.5 Å². The van der Waals surface area contributed by atoms with Gasteiger partial charge < -0.3 is 5.32 Å². The maximum absolute atomic E-state index is 13.2. The van der Waals surface area contributed by atoms with Gasteiger partial charge in [-0.25, -0.2) is 0 Å². The van der Waals surface area contributed by atoms with Crippen molar-refractivity contribution in [1.29, 1.82) is 0 Å². The number of carbonyl (C=O) groups excluding carboxylic acids is 1. The Morgan fingerprint density at radius 3 is 2.52 bits per heavy atom. The molecule has 2 heterocycles. The van der Waals surface area contributed by atoms with E-state index >= 15 is 0 Å². The molecule has 4 rings (SSSR count). The number of fused-ring (bicyclic) bond motifs is 3. The van der Waals surface area contributed by atoms with E-state index in [1.807, 2.05) is 13.8 Å². The van der Waals surface area contributed by atoms with Gasteiger partial charge in [-0.2, -0.15) is 13.2 Å². The topological polar surface area (TPSA) is 81.3 Å². The van der Waals surface area contributed by atoms with Gasteiger partial charge in [0.05, 0.1) is 27.9 Å². The van der Waals surface area contributed by atoms with Crippen molar-refractivity contribution in [2.75, 3.05) is 11.1 Å². The maximum Gasteiger partial charge on any atom is 0.418 e. The Balaban J connectivity index is 1.65. The van der Waals surface area contributed by atoms with Crippen LogP contribution in [0.2, 0.25) is 0 Å². The molecule has 0 aliphatic rings. The van der Waals surface area contributed by atoms with Crippen LogP contribution in [0.3, 0.4) is 0 Å². The summed E-state index contributed by atoms with van der Waals surface area (Å²) in [4.78, 5) is 25.4. The predicted molar refractivity (Wildman–Crippen MR) is 120 cm³/mol. The summed E-state index contributed by atoms with van der Waals surface area (Å²) in [6.07, 6.45) is -4.58. The quantitative estimate of drug-likeness (QED) is 0.417. The number of benzene rings is 2. The Morgan fingerprint density at radius 1 is 1.09 bits per heavy atom. The van der Waals surface area contributed by atoms with E-state index in [-0.39, 0.29) is 22.9 Å². The first-order chi connectivity index (χ1) is 15.7. The highest BCUT2D eigenvalue weighted by Crippen LogP contribution is 2.34. The van der Waals surface area contributed by atoms with Gasteiger partial charge in [-0.3, -0.25) is 18.6 Å². The smallest absolute Gasteiger partial charge is 0.325 e.